The Morgan fingerprint density at radius 1 is 1.33 bits per heavy atom. The van der Waals surface area contributed by atoms with E-state index in [9.17, 15) is 15.2 Å². The molecule has 0 amide bonds. The van der Waals surface area contributed by atoms with Crippen LogP contribution in [0, 0.1) is 10.1 Å². The average Bonchev–Trinajstić information content (AvgIpc) is 2.52. The van der Waals surface area contributed by atoms with Gasteiger partial charge in [-0.25, -0.2) is 0 Å². The highest BCUT2D eigenvalue weighted by Crippen LogP contribution is 2.27. The van der Waals surface area contributed by atoms with E-state index in [1.807, 2.05) is 0 Å². The number of piperidine rings is 1. The molecule has 0 aliphatic carbocycles. The van der Waals surface area contributed by atoms with Crippen molar-refractivity contribution in [3.05, 3.63) is 33.9 Å². The number of hydrogen-bond acceptors (Lipinski definition) is 6. The molecule has 1 heterocycles. The number of rotatable bonds is 6. The highest BCUT2D eigenvalue weighted by molar-refractivity contribution is 5.55. The molecule has 0 atom stereocenters. The summed E-state index contributed by atoms with van der Waals surface area (Å²) in [5, 5.41) is 28.9. The van der Waals surface area contributed by atoms with Crippen LogP contribution in [0.1, 0.15) is 18.4 Å². The van der Waals surface area contributed by atoms with Gasteiger partial charge in [-0.15, -0.1) is 0 Å². The molecule has 1 aromatic carbocycles. The summed E-state index contributed by atoms with van der Waals surface area (Å²) in [6.07, 6.45) is 1.86. The van der Waals surface area contributed by atoms with Gasteiger partial charge in [-0.3, -0.25) is 10.1 Å². The van der Waals surface area contributed by atoms with E-state index in [0.29, 0.717) is 12.2 Å². The Kier molecular flexibility index (Phi) is 5.49. The summed E-state index contributed by atoms with van der Waals surface area (Å²) in [4.78, 5) is 12.5. The molecule has 0 radical (unpaired) electrons. The van der Waals surface area contributed by atoms with Gasteiger partial charge in [-0.05, 0) is 25.0 Å². The van der Waals surface area contributed by atoms with Crippen molar-refractivity contribution in [3.8, 4) is 0 Å². The maximum atomic E-state index is 10.9. The minimum atomic E-state index is -0.482. The van der Waals surface area contributed by atoms with E-state index in [0.717, 1.165) is 31.6 Å². The number of hydrogen-bond donors (Lipinski definition) is 2. The minimum absolute atomic E-state index is 0.0302. The molecule has 0 saturated carbocycles. The first kappa shape index (κ1) is 15.7. The van der Waals surface area contributed by atoms with Crippen molar-refractivity contribution in [1.82, 2.24) is 0 Å². The zero-order chi connectivity index (χ0) is 15.2. The van der Waals surface area contributed by atoms with E-state index in [-0.39, 0.29) is 25.0 Å². The van der Waals surface area contributed by atoms with E-state index >= 15 is 0 Å². The molecule has 1 aliphatic rings. The van der Waals surface area contributed by atoms with Crippen molar-refractivity contribution in [3.63, 3.8) is 0 Å². The third-order valence-corrected chi connectivity index (χ3v) is 3.68. The maximum Gasteiger partial charge on any atom is 0.275 e. The Balaban J connectivity index is 2.02. The molecule has 1 fully saturated rings. The topological polar surface area (TPSA) is 96.1 Å². The number of aliphatic hydroxyl groups is 2. The second-order valence-corrected chi connectivity index (χ2v) is 5.01. The van der Waals surface area contributed by atoms with Crippen LogP contribution >= 0.6 is 0 Å². The minimum Gasteiger partial charge on any atom is -0.394 e. The molecule has 1 saturated heterocycles. The van der Waals surface area contributed by atoms with Crippen LogP contribution in [-0.2, 0) is 11.3 Å². The van der Waals surface area contributed by atoms with Gasteiger partial charge in [0.2, 0.25) is 0 Å². The van der Waals surface area contributed by atoms with E-state index < -0.39 is 4.92 Å². The number of nitro groups is 1. The molecule has 0 aromatic heterocycles. The lowest BCUT2D eigenvalue weighted by Crippen LogP contribution is -2.37. The summed E-state index contributed by atoms with van der Waals surface area (Å²) in [6, 6.07) is 4.83. The van der Waals surface area contributed by atoms with Crippen molar-refractivity contribution < 1.29 is 19.9 Å². The Hall–Kier alpha value is -1.70. The van der Waals surface area contributed by atoms with Crippen molar-refractivity contribution in [2.45, 2.75) is 25.6 Å². The lowest BCUT2D eigenvalue weighted by atomic mass is 10.1. The number of ether oxygens (including phenoxy) is 1. The summed E-state index contributed by atoms with van der Waals surface area (Å²) in [5.41, 5.74) is 1.16. The van der Waals surface area contributed by atoms with Crippen LogP contribution in [0.15, 0.2) is 18.2 Å². The fourth-order valence-corrected chi connectivity index (χ4v) is 2.57. The lowest BCUT2D eigenvalue weighted by Gasteiger charge is -2.33. The lowest BCUT2D eigenvalue weighted by molar-refractivity contribution is -0.385. The second-order valence-electron chi connectivity index (χ2n) is 5.01. The summed E-state index contributed by atoms with van der Waals surface area (Å²) >= 11 is 0. The van der Waals surface area contributed by atoms with Crippen LogP contribution in [0.3, 0.4) is 0 Å². The number of nitro benzene ring substituents is 1. The van der Waals surface area contributed by atoms with Gasteiger partial charge in [-0.2, -0.15) is 0 Å². The molecule has 0 spiro atoms. The Labute approximate surface area is 122 Å². The zero-order valence-electron chi connectivity index (χ0n) is 11.8. The van der Waals surface area contributed by atoms with Gasteiger partial charge in [0.1, 0.15) is 0 Å². The van der Waals surface area contributed by atoms with E-state index in [1.54, 1.807) is 12.1 Å². The van der Waals surface area contributed by atoms with Crippen LogP contribution < -0.4 is 4.90 Å². The summed E-state index contributed by atoms with van der Waals surface area (Å²) in [6.45, 7) is 1.62. The standard InChI is InChI=1S/C14H20N2O5/c17-7-8-21-13-3-5-15(6-4-13)12-1-2-14(16(19)20)11(9-12)10-18/h1-2,9,13,17-18H,3-8,10H2. The third-order valence-electron chi connectivity index (χ3n) is 3.68. The third kappa shape index (κ3) is 3.90. The van der Waals surface area contributed by atoms with Crippen LogP contribution in [0.5, 0.6) is 0 Å². The fourth-order valence-electron chi connectivity index (χ4n) is 2.57. The molecule has 0 unspecified atom stereocenters. The predicted octanol–water partition coefficient (Wildman–Crippen LogP) is 1.06. The van der Waals surface area contributed by atoms with E-state index in [4.69, 9.17) is 9.84 Å². The monoisotopic (exact) mass is 296 g/mol. The molecule has 0 bridgehead atoms. The first-order valence-corrected chi connectivity index (χ1v) is 7.01. The maximum absolute atomic E-state index is 10.9. The zero-order valence-corrected chi connectivity index (χ0v) is 11.8. The Morgan fingerprint density at radius 2 is 2.05 bits per heavy atom. The quantitative estimate of drug-likeness (QED) is 0.602. The van der Waals surface area contributed by atoms with Crippen molar-refractivity contribution in [1.29, 1.82) is 0 Å². The highest BCUT2D eigenvalue weighted by atomic mass is 16.6. The predicted molar refractivity (Wildman–Crippen MR) is 77.3 cm³/mol. The van der Waals surface area contributed by atoms with Gasteiger partial charge < -0.3 is 19.8 Å². The molecule has 1 aromatic rings. The van der Waals surface area contributed by atoms with Crippen molar-refractivity contribution >= 4 is 11.4 Å². The average molecular weight is 296 g/mol. The first-order chi connectivity index (χ1) is 10.2. The highest BCUT2D eigenvalue weighted by Gasteiger charge is 2.21. The summed E-state index contributed by atoms with van der Waals surface area (Å²) in [7, 11) is 0. The van der Waals surface area contributed by atoms with Crippen molar-refractivity contribution in [2.24, 2.45) is 0 Å². The molecule has 116 valence electrons. The van der Waals surface area contributed by atoms with Crippen LogP contribution in [0.4, 0.5) is 11.4 Å². The number of nitrogens with zero attached hydrogens (tertiary/aromatic N) is 2. The van der Waals surface area contributed by atoms with Gasteiger partial charge in [0.05, 0.1) is 36.4 Å². The molecule has 21 heavy (non-hydrogen) atoms. The van der Waals surface area contributed by atoms with E-state index in [1.165, 1.54) is 6.07 Å². The molecule has 2 rings (SSSR count). The van der Waals surface area contributed by atoms with Gasteiger partial charge in [0.25, 0.3) is 5.69 Å². The van der Waals surface area contributed by atoms with Gasteiger partial charge in [0.15, 0.2) is 0 Å². The van der Waals surface area contributed by atoms with E-state index in [2.05, 4.69) is 4.90 Å². The van der Waals surface area contributed by atoms with Gasteiger partial charge in [0, 0.05) is 24.8 Å². The molecule has 7 heteroatoms. The molecule has 1 aliphatic heterocycles. The Bertz CT molecular complexity index is 486. The second kappa shape index (κ2) is 7.35. The smallest absolute Gasteiger partial charge is 0.275 e. The van der Waals surface area contributed by atoms with Crippen LogP contribution in [0.2, 0.25) is 0 Å². The summed E-state index contributed by atoms with van der Waals surface area (Å²) in [5.74, 6) is 0. The summed E-state index contributed by atoms with van der Waals surface area (Å²) < 4.78 is 5.51. The van der Waals surface area contributed by atoms with Gasteiger partial charge >= 0.3 is 0 Å². The molecule has 2 N–H and O–H groups in total. The first-order valence-electron chi connectivity index (χ1n) is 7.01. The Morgan fingerprint density at radius 3 is 2.62 bits per heavy atom. The SMILES string of the molecule is O=[N+]([O-])c1ccc(N2CCC(OCCO)CC2)cc1CO. The number of aliphatic hydroxyl groups excluding tert-OH is 2. The number of anilines is 1. The molecular weight excluding hydrogens is 276 g/mol. The fraction of sp³-hybridized carbons (Fsp3) is 0.571. The normalized spacial score (nSPS) is 16.2. The van der Waals surface area contributed by atoms with Crippen molar-refractivity contribution in [2.75, 3.05) is 31.2 Å². The van der Waals surface area contributed by atoms with Gasteiger partial charge in [-0.1, -0.05) is 0 Å². The largest absolute Gasteiger partial charge is 0.394 e. The number of benzene rings is 1. The molecular formula is C14H20N2O5. The van der Waals surface area contributed by atoms with Crippen LogP contribution in [-0.4, -0.2) is 47.5 Å². The molecule has 7 nitrogen and oxygen atoms in total. The van der Waals surface area contributed by atoms with Crippen LogP contribution in [0.25, 0.3) is 0 Å².